The highest BCUT2D eigenvalue weighted by Crippen LogP contribution is 2.15. The van der Waals surface area contributed by atoms with Gasteiger partial charge in [0.15, 0.2) is 6.10 Å². The van der Waals surface area contributed by atoms with Gasteiger partial charge < -0.3 is 14.2 Å². The quantitative estimate of drug-likeness (QED) is 0.0261. The maximum absolute atomic E-state index is 12.9. The highest BCUT2D eigenvalue weighted by atomic mass is 16.6. The average Bonchev–Trinajstić information content (AvgIpc) is 3.47. The molecule has 460 valence electrons. The van der Waals surface area contributed by atoms with E-state index in [2.05, 4.69) is 154 Å². The second kappa shape index (κ2) is 68.1. The van der Waals surface area contributed by atoms with Crippen LogP contribution in [0.25, 0.3) is 0 Å². The molecule has 0 heterocycles. The van der Waals surface area contributed by atoms with E-state index in [0.29, 0.717) is 19.3 Å². The summed E-state index contributed by atoms with van der Waals surface area (Å²) in [6, 6.07) is 0. The number of unbranched alkanes of at least 4 members (excludes halogenated alkanes) is 27. The molecule has 0 aromatic carbocycles. The number of hydrogen-bond donors (Lipinski definition) is 0. The normalized spacial score (nSPS) is 13.0. The molecule has 0 rings (SSSR count). The Morgan fingerprint density at radius 2 is 0.481 bits per heavy atom. The zero-order valence-corrected chi connectivity index (χ0v) is 52.8. The van der Waals surface area contributed by atoms with Crippen molar-refractivity contribution >= 4 is 17.9 Å². The van der Waals surface area contributed by atoms with Gasteiger partial charge in [-0.15, -0.1) is 0 Å². The standard InChI is InChI=1S/C75H124O6/c1-4-7-10-13-16-19-22-25-28-30-32-34-35-36-37-38-39-41-42-44-47-50-53-56-59-62-65-68-74(77)80-71-72(70-79-73(76)67-64-61-58-55-52-49-46-27-24-21-18-15-12-9-6-3)81-75(78)69-66-63-60-57-54-51-48-45-43-40-33-31-29-26-23-20-17-14-11-8-5-2/h7,10,16,19,23,25-28,31-34,36-37,39,41,43-47,72H,4-6,8-9,11-15,17-18,20-22,24,29-30,35,38,40,42,48-71H2,1-3H3/b10-7-,19-16-,26-23-,28-25-,33-31-,34-32-,37-36-,41-39-,45-43-,46-27-,47-44-. The topological polar surface area (TPSA) is 78.9 Å². The fourth-order valence-corrected chi connectivity index (χ4v) is 9.07. The predicted molar refractivity (Wildman–Crippen MR) is 353 cm³/mol. The van der Waals surface area contributed by atoms with Crippen LogP contribution in [0.4, 0.5) is 0 Å². The Bertz CT molecular complexity index is 1720. The van der Waals surface area contributed by atoms with Crippen molar-refractivity contribution in [1.29, 1.82) is 0 Å². The van der Waals surface area contributed by atoms with Crippen LogP contribution < -0.4 is 0 Å². The molecular weight excluding hydrogens is 997 g/mol. The van der Waals surface area contributed by atoms with Crippen molar-refractivity contribution < 1.29 is 28.6 Å². The van der Waals surface area contributed by atoms with E-state index in [9.17, 15) is 14.4 Å². The van der Waals surface area contributed by atoms with Gasteiger partial charge in [0, 0.05) is 19.3 Å². The van der Waals surface area contributed by atoms with Gasteiger partial charge in [0.25, 0.3) is 0 Å². The molecule has 6 heteroatoms. The highest BCUT2D eigenvalue weighted by Gasteiger charge is 2.19. The van der Waals surface area contributed by atoms with Crippen LogP contribution in [-0.4, -0.2) is 37.2 Å². The Labute approximate surface area is 500 Å². The first-order chi connectivity index (χ1) is 40.0. The number of carbonyl (C=O) groups excluding carboxylic acids is 3. The first kappa shape index (κ1) is 76.5. The fraction of sp³-hybridized carbons (Fsp3) is 0.667. The zero-order valence-electron chi connectivity index (χ0n) is 52.8. The molecule has 0 fully saturated rings. The molecule has 0 N–H and O–H groups in total. The SMILES string of the molecule is CC/C=C\C/C=C\C/C=C\C/C=C\C/C=C\C/C=C\C/C=C\CCCCCCCC(=O)OCC(COC(=O)CCCCCCC/C=C\CCCCCCCC)OC(=O)CCCCCCCC/C=C\C/C=C\C/C=C\CCCCCCC. The molecule has 0 amide bonds. The number of carbonyl (C=O) groups is 3. The molecule has 0 aromatic rings. The monoisotopic (exact) mass is 1120 g/mol. The van der Waals surface area contributed by atoms with Crippen LogP contribution in [0.1, 0.15) is 303 Å². The largest absolute Gasteiger partial charge is 0.462 e. The van der Waals surface area contributed by atoms with Gasteiger partial charge >= 0.3 is 17.9 Å². The van der Waals surface area contributed by atoms with Crippen molar-refractivity contribution in [1.82, 2.24) is 0 Å². The lowest BCUT2D eigenvalue weighted by molar-refractivity contribution is -0.167. The maximum Gasteiger partial charge on any atom is 0.306 e. The first-order valence-electron chi connectivity index (χ1n) is 33.7. The molecule has 0 saturated carbocycles. The number of allylic oxidation sites excluding steroid dienone is 22. The smallest absolute Gasteiger partial charge is 0.306 e. The lowest BCUT2D eigenvalue weighted by Crippen LogP contribution is -2.30. The van der Waals surface area contributed by atoms with Crippen LogP contribution in [0.3, 0.4) is 0 Å². The van der Waals surface area contributed by atoms with Crippen LogP contribution in [0.5, 0.6) is 0 Å². The van der Waals surface area contributed by atoms with Crippen molar-refractivity contribution in [3.05, 3.63) is 134 Å². The third kappa shape index (κ3) is 66.2. The molecule has 0 spiro atoms. The van der Waals surface area contributed by atoms with E-state index in [1.54, 1.807) is 0 Å². The molecule has 0 saturated heterocycles. The Balaban J connectivity index is 4.45. The van der Waals surface area contributed by atoms with E-state index in [1.165, 1.54) is 103 Å². The summed E-state index contributed by atoms with van der Waals surface area (Å²) in [7, 11) is 0. The second-order valence-electron chi connectivity index (χ2n) is 22.0. The molecule has 81 heavy (non-hydrogen) atoms. The summed E-state index contributed by atoms with van der Waals surface area (Å²) in [6.45, 7) is 6.49. The summed E-state index contributed by atoms with van der Waals surface area (Å²) in [6.07, 6.45) is 95.9. The molecule has 1 unspecified atom stereocenters. The van der Waals surface area contributed by atoms with Crippen LogP contribution in [-0.2, 0) is 28.6 Å². The number of rotatable bonds is 60. The minimum Gasteiger partial charge on any atom is -0.462 e. The molecular formula is C75H124O6. The van der Waals surface area contributed by atoms with Crippen molar-refractivity contribution in [3.63, 3.8) is 0 Å². The minimum absolute atomic E-state index is 0.0971. The second-order valence-corrected chi connectivity index (χ2v) is 22.0. The van der Waals surface area contributed by atoms with E-state index in [0.717, 1.165) is 161 Å². The average molecular weight is 1120 g/mol. The van der Waals surface area contributed by atoms with Crippen LogP contribution >= 0.6 is 0 Å². The highest BCUT2D eigenvalue weighted by molar-refractivity contribution is 5.71. The Kier molecular flexibility index (Phi) is 64.3. The molecule has 0 aliphatic carbocycles. The third-order valence-corrected chi connectivity index (χ3v) is 14.1. The summed E-state index contributed by atoms with van der Waals surface area (Å²) in [5.41, 5.74) is 0. The lowest BCUT2D eigenvalue weighted by atomic mass is 10.1. The number of ether oxygens (including phenoxy) is 3. The van der Waals surface area contributed by atoms with Crippen LogP contribution in [0, 0.1) is 0 Å². The van der Waals surface area contributed by atoms with Crippen molar-refractivity contribution in [2.75, 3.05) is 13.2 Å². The van der Waals surface area contributed by atoms with Gasteiger partial charge in [0.1, 0.15) is 13.2 Å². The molecule has 1 atom stereocenters. The molecule has 0 radical (unpaired) electrons. The van der Waals surface area contributed by atoms with Crippen LogP contribution in [0.2, 0.25) is 0 Å². The van der Waals surface area contributed by atoms with E-state index < -0.39 is 6.10 Å². The molecule has 0 aromatic heterocycles. The molecule has 0 bridgehead atoms. The molecule has 6 nitrogen and oxygen atoms in total. The van der Waals surface area contributed by atoms with Gasteiger partial charge in [-0.25, -0.2) is 0 Å². The lowest BCUT2D eigenvalue weighted by Gasteiger charge is -2.18. The Hall–Kier alpha value is -4.45. The van der Waals surface area contributed by atoms with Gasteiger partial charge in [-0.3, -0.25) is 14.4 Å². The van der Waals surface area contributed by atoms with Crippen molar-refractivity contribution in [2.45, 2.75) is 309 Å². The summed E-state index contributed by atoms with van der Waals surface area (Å²) >= 11 is 0. The van der Waals surface area contributed by atoms with E-state index in [4.69, 9.17) is 14.2 Å². The first-order valence-corrected chi connectivity index (χ1v) is 33.7. The van der Waals surface area contributed by atoms with Gasteiger partial charge in [-0.1, -0.05) is 276 Å². The summed E-state index contributed by atoms with van der Waals surface area (Å²) in [5, 5.41) is 0. The van der Waals surface area contributed by atoms with E-state index >= 15 is 0 Å². The fourth-order valence-electron chi connectivity index (χ4n) is 9.07. The van der Waals surface area contributed by atoms with Gasteiger partial charge in [0.2, 0.25) is 0 Å². The third-order valence-electron chi connectivity index (χ3n) is 14.1. The Morgan fingerprint density at radius 1 is 0.259 bits per heavy atom. The number of esters is 3. The van der Waals surface area contributed by atoms with Gasteiger partial charge in [-0.2, -0.15) is 0 Å². The molecule has 0 aliphatic heterocycles. The molecule has 0 aliphatic rings. The minimum atomic E-state index is -0.803. The summed E-state index contributed by atoms with van der Waals surface area (Å²) in [4.78, 5) is 38.4. The number of hydrogen-bond acceptors (Lipinski definition) is 6. The van der Waals surface area contributed by atoms with Gasteiger partial charge in [0.05, 0.1) is 0 Å². The zero-order chi connectivity index (χ0) is 58.5. The van der Waals surface area contributed by atoms with E-state index in [-0.39, 0.29) is 31.1 Å². The van der Waals surface area contributed by atoms with Crippen molar-refractivity contribution in [3.8, 4) is 0 Å². The summed E-state index contributed by atoms with van der Waals surface area (Å²) in [5.74, 6) is -0.932. The van der Waals surface area contributed by atoms with Crippen LogP contribution in [0.15, 0.2) is 134 Å². The summed E-state index contributed by atoms with van der Waals surface area (Å²) < 4.78 is 16.9. The Morgan fingerprint density at radius 3 is 0.765 bits per heavy atom. The van der Waals surface area contributed by atoms with Gasteiger partial charge in [-0.05, 0) is 141 Å². The maximum atomic E-state index is 12.9. The van der Waals surface area contributed by atoms with Crippen molar-refractivity contribution in [2.24, 2.45) is 0 Å². The van der Waals surface area contributed by atoms with E-state index in [1.807, 2.05) is 0 Å². The predicted octanol–water partition coefficient (Wildman–Crippen LogP) is 23.3.